The van der Waals surface area contributed by atoms with Crippen LogP contribution >= 0.6 is 0 Å². The van der Waals surface area contributed by atoms with Crippen molar-refractivity contribution in [2.45, 2.75) is 0 Å². The molecule has 0 fully saturated rings. The van der Waals surface area contributed by atoms with Gasteiger partial charge < -0.3 is 4.57 Å². The van der Waals surface area contributed by atoms with Crippen LogP contribution in [0.2, 0.25) is 0 Å². The fraction of sp³-hybridized carbons (Fsp3) is 0. The molecule has 0 bridgehead atoms. The smallest absolute Gasteiger partial charge is 0.238 e. The van der Waals surface area contributed by atoms with Gasteiger partial charge in [-0.05, 0) is 91.0 Å². The number of nitrogens with zero attached hydrogens (tertiary/aromatic N) is 5. The minimum atomic E-state index is 0.573. The van der Waals surface area contributed by atoms with E-state index in [1.165, 1.54) is 59.8 Å². The van der Waals surface area contributed by atoms with Crippen molar-refractivity contribution >= 4 is 75.9 Å². The molecule has 0 radical (unpaired) electrons. The maximum Gasteiger partial charge on any atom is 0.238 e. The Kier molecular flexibility index (Phi) is 8.52. The van der Waals surface area contributed by atoms with Crippen LogP contribution in [0.4, 0.5) is 0 Å². The molecular weight excluding hydrogens is 827 g/mol. The van der Waals surface area contributed by atoms with Crippen molar-refractivity contribution in [3.05, 3.63) is 237 Å². The summed E-state index contributed by atoms with van der Waals surface area (Å²) >= 11 is 0. The molecular formula is C63H39N5. The van der Waals surface area contributed by atoms with Crippen LogP contribution in [-0.2, 0) is 0 Å². The second-order valence-electron chi connectivity index (χ2n) is 17.6. The van der Waals surface area contributed by atoms with Gasteiger partial charge in [-0.25, -0.2) is 4.98 Å². The van der Waals surface area contributed by atoms with Crippen molar-refractivity contribution in [3.63, 3.8) is 0 Å². The summed E-state index contributed by atoms with van der Waals surface area (Å²) in [5.41, 5.74) is 12.1. The summed E-state index contributed by atoms with van der Waals surface area (Å²) in [6.07, 6.45) is 0. The van der Waals surface area contributed by atoms with Gasteiger partial charge in [0.25, 0.3) is 0 Å². The lowest BCUT2D eigenvalue weighted by molar-refractivity contribution is 0.953. The van der Waals surface area contributed by atoms with Crippen LogP contribution in [-0.4, -0.2) is 24.1 Å². The maximum absolute atomic E-state index is 5.20. The highest BCUT2D eigenvalue weighted by atomic mass is 15.2. The van der Waals surface area contributed by atoms with Gasteiger partial charge in [-0.2, -0.15) is 9.97 Å². The molecule has 0 aliphatic carbocycles. The largest absolute Gasteiger partial charge is 0.309 e. The fourth-order valence-corrected chi connectivity index (χ4v) is 10.6. The van der Waals surface area contributed by atoms with Crippen LogP contribution in [0.5, 0.6) is 0 Å². The molecule has 14 rings (SSSR count). The number of aromatic nitrogens is 5. The van der Waals surface area contributed by atoms with Crippen molar-refractivity contribution in [2.75, 3.05) is 0 Å². The Morgan fingerprint density at radius 1 is 0.250 bits per heavy atom. The normalized spacial score (nSPS) is 11.8. The first-order chi connectivity index (χ1) is 33.7. The molecule has 0 saturated heterocycles. The SMILES string of the molecule is c1ccc(-c2nc(-c3ccccc3)nc(-n3c4ccccc4c4c3ccc3c5ccccc5n(-c5ccc(-c6ccc(-c7ccc8c9ccccc9c9ccccc9c8c7)cc6)cc5)c34)n2)cc1. The van der Waals surface area contributed by atoms with Crippen LogP contribution in [0.15, 0.2) is 237 Å². The van der Waals surface area contributed by atoms with Crippen molar-refractivity contribution in [1.29, 1.82) is 0 Å². The first kappa shape index (κ1) is 38.1. The van der Waals surface area contributed by atoms with Gasteiger partial charge in [-0.15, -0.1) is 0 Å². The highest BCUT2D eigenvalue weighted by Crippen LogP contribution is 2.43. The number of para-hydroxylation sites is 2. The highest BCUT2D eigenvalue weighted by molar-refractivity contribution is 6.27. The molecule has 5 heteroatoms. The van der Waals surface area contributed by atoms with E-state index >= 15 is 0 Å². The molecule has 3 aromatic heterocycles. The molecule has 0 unspecified atom stereocenters. The van der Waals surface area contributed by atoms with E-state index in [-0.39, 0.29) is 0 Å². The van der Waals surface area contributed by atoms with Gasteiger partial charge in [-0.1, -0.05) is 200 Å². The van der Waals surface area contributed by atoms with Crippen molar-refractivity contribution in [1.82, 2.24) is 24.1 Å². The minimum absolute atomic E-state index is 0.573. The van der Waals surface area contributed by atoms with Crippen LogP contribution in [0.1, 0.15) is 0 Å². The summed E-state index contributed by atoms with van der Waals surface area (Å²) < 4.78 is 4.64. The number of benzene rings is 11. The van der Waals surface area contributed by atoms with Gasteiger partial charge >= 0.3 is 0 Å². The van der Waals surface area contributed by atoms with Crippen molar-refractivity contribution in [3.8, 4) is 56.7 Å². The summed E-state index contributed by atoms with van der Waals surface area (Å²) in [7, 11) is 0. The fourth-order valence-electron chi connectivity index (χ4n) is 10.6. The van der Waals surface area contributed by atoms with Gasteiger partial charge in [0.05, 0.1) is 22.1 Å². The number of hydrogen-bond donors (Lipinski definition) is 0. The first-order valence-electron chi connectivity index (χ1n) is 23.1. The third-order valence-corrected chi connectivity index (χ3v) is 13.8. The molecule has 0 aliphatic rings. The summed E-state index contributed by atoms with van der Waals surface area (Å²) in [5.74, 6) is 1.83. The van der Waals surface area contributed by atoms with E-state index < -0.39 is 0 Å². The lowest BCUT2D eigenvalue weighted by Gasteiger charge is -2.13. The second kappa shape index (κ2) is 15.2. The third kappa shape index (κ3) is 5.93. The predicted octanol–water partition coefficient (Wildman–Crippen LogP) is 16.2. The van der Waals surface area contributed by atoms with Crippen LogP contribution < -0.4 is 0 Å². The van der Waals surface area contributed by atoms with E-state index in [0.29, 0.717) is 17.6 Å². The van der Waals surface area contributed by atoms with Crippen LogP contribution in [0.3, 0.4) is 0 Å². The monoisotopic (exact) mass is 865 g/mol. The van der Waals surface area contributed by atoms with E-state index in [1.54, 1.807) is 0 Å². The van der Waals surface area contributed by atoms with Crippen LogP contribution in [0, 0.1) is 0 Å². The zero-order valence-corrected chi connectivity index (χ0v) is 36.8. The van der Waals surface area contributed by atoms with Gasteiger partial charge in [0, 0.05) is 38.4 Å². The van der Waals surface area contributed by atoms with E-state index in [4.69, 9.17) is 15.0 Å². The van der Waals surface area contributed by atoms with Gasteiger partial charge in [0.2, 0.25) is 5.95 Å². The summed E-state index contributed by atoms with van der Waals surface area (Å²) in [6.45, 7) is 0. The van der Waals surface area contributed by atoms with E-state index in [2.05, 4.69) is 209 Å². The summed E-state index contributed by atoms with van der Waals surface area (Å²) in [5, 5.41) is 12.4. The topological polar surface area (TPSA) is 48.5 Å². The summed E-state index contributed by atoms with van der Waals surface area (Å²) in [4.78, 5) is 15.4. The molecule has 14 aromatic rings. The molecule has 68 heavy (non-hydrogen) atoms. The molecule has 0 N–H and O–H groups in total. The second-order valence-corrected chi connectivity index (χ2v) is 17.6. The Balaban J connectivity index is 0.893. The van der Waals surface area contributed by atoms with Crippen molar-refractivity contribution < 1.29 is 0 Å². The van der Waals surface area contributed by atoms with Crippen molar-refractivity contribution in [2.24, 2.45) is 0 Å². The Morgan fingerprint density at radius 2 is 0.676 bits per heavy atom. The Morgan fingerprint density at radius 3 is 1.26 bits per heavy atom. The highest BCUT2D eigenvalue weighted by Gasteiger charge is 2.23. The first-order valence-corrected chi connectivity index (χ1v) is 23.1. The quantitative estimate of drug-likeness (QED) is 0.156. The molecule has 0 saturated carbocycles. The molecule has 0 spiro atoms. The zero-order chi connectivity index (χ0) is 44.7. The molecule has 11 aromatic carbocycles. The number of rotatable bonds is 6. The third-order valence-electron chi connectivity index (χ3n) is 13.8. The van der Waals surface area contributed by atoms with Crippen LogP contribution in [0.25, 0.3) is 133 Å². The molecule has 5 nitrogen and oxygen atoms in total. The molecule has 0 amide bonds. The molecule has 316 valence electrons. The number of fused-ring (bicyclic) bond motifs is 13. The van der Waals surface area contributed by atoms with E-state index in [1.807, 2.05) is 36.4 Å². The Labute approximate surface area is 391 Å². The lowest BCUT2D eigenvalue weighted by atomic mass is 9.92. The average molecular weight is 866 g/mol. The number of hydrogen-bond acceptors (Lipinski definition) is 3. The Bertz CT molecular complexity index is 4190. The minimum Gasteiger partial charge on any atom is -0.309 e. The van der Waals surface area contributed by atoms with E-state index in [0.717, 1.165) is 55.2 Å². The van der Waals surface area contributed by atoms with Gasteiger partial charge in [-0.3, -0.25) is 4.57 Å². The zero-order valence-electron chi connectivity index (χ0n) is 36.8. The predicted molar refractivity (Wildman–Crippen MR) is 283 cm³/mol. The summed E-state index contributed by atoms with van der Waals surface area (Å²) in [6, 6.07) is 84.7. The van der Waals surface area contributed by atoms with Gasteiger partial charge in [0.1, 0.15) is 0 Å². The molecule has 0 aliphatic heterocycles. The van der Waals surface area contributed by atoms with Gasteiger partial charge in [0.15, 0.2) is 11.6 Å². The maximum atomic E-state index is 5.20. The standard InChI is InChI=1S/C63H39N5/c1-3-15-43(16-4-1)61-64-62(44-17-5-2-6-18-44)66-63(65-61)68-57-26-14-12-24-54(57)59-58(68)38-37-53-52-23-11-13-25-56(52)67(60(53)59)46-34-31-41(32-35-46)40-27-29-42(30-28-40)45-33-36-51-49-21-8-7-19-47(49)48-20-9-10-22-50(48)55(51)39-45/h1-39H. The lowest BCUT2D eigenvalue weighted by Crippen LogP contribution is -2.06. The Hall–Kier alpha value is -9.19. The molecule has 0 atom stereocenters. The van der Waals surface area contributed by atoms with E-state index in [9.17, 15) is 0 Å². The molecule has 3 heterocycles. The average Bonchev–Trinajstić information content (AvgIpc) is 3.94.